The number of hydrogen-bond donors (Lipinski definition) is 2. The lowest BCUT2D eigenvalue weighted by Crippen LogP contribution is -2.42. The molecule has 0 bridgehead atoms. The lowest BCUT2D eigenvalue weighted by molar-refractivity contribution is 0.0875. The highest BCUT2D eigenvalue weighted by Crippen LogP contribution is 2.16. The van der Waals surface area contributed by atoms with E-state index in [0.29, 0.717) is 18.8 Å². The highest BCUT2D eigenvalue weighted by Gasteiger charge is 2.20. The third-order valence-corrected chi connectivity index (χ3v) is 3.54. The van der Waals surface area contributed by atoms with Gasteiger partial charge < -0.3 is 15.8 Å². The van der Waals surface area contributed by atoms with Crippen molar-refractivity contribution in [1.29, 1.82) is 0 Å². The highest BCUT2D eigenvalue weighted by atomic mass is 16.5. The summed E-state index contributed by atoms with van der Waals surface area (Å²) in [5.41, 5.74) is 5.55. The van der Waals surface area contributed by atoms with Crippen LogP contribution in [-0.2, 0) is 18.3 Å². The van der Waals surface area contributed by atoms with Crippen LogP contribution in [0, 0.1) is 0 Å². The summed E-state index contributed by atoms with van der Waals surface area (Å²) in [5, 5.41) is 3.14. The Morgan fingerprint density at radius 3 is 2.80 bits per heavy atom. The first kappa shape index (κ1) is 14.6. The molecule has 1 atom stereocenters. The molecule has 112 valence electrons. The molecule has 2 rings (SSSR count). The fourth-order valence-corrected chi connectivity index (χ4v) is 2.42. The predicted molar refractivity (Wildman–Crippen MR) is 78.1 cm³/mol. The van der Waals surface area contributed by atoms with Crippen molar-refractivity contribution in [1.82, 2.24) is 9.13 Å². The lowest BCUT2D eigenvalue weighted by Gasteiger charge is -2.25. The van der Waals surface area contributed by atoms with E-state index in [1.807, 2.05) is 6.92 Å². The van der Waals surface area contributed by atoms with Gasteiger partial charge in [0.05, 0.1) is 6.61 Å². The quantitative estimate of drug-likeness (QED) is 0.819. The molecule has 1 unspecified atom stereocenters. The minimum atomic E-state index is -0.384. The molecule has 3 N–H and O–H groups in total. The lowest BCUT2D eigenvalue weighted by atomic mass is 10.1. The van der Waals surface area contributed by atoms with Gasteiger partial charge in [-0.3, -0.25) is 13.9 Å². The second kappa shape index (κ2) is 6.13. The molecule has 1 aliphatic rings. The number of nitrogen functional groups attached to an aromatic ring is 1. The summed E-state index contributed by atoms with van der Waals surface area (Å²) in [6, 6.07) is 0.0614. The van der Waals surface area contributed by atoms with Gasteiger partial charge in [-0.2, -0.15) is 0 Å². The van der Waals surface area contributed by atoms with E-state index in [2.05, 4.69) is 5.32 Å². The van der Waals surface area contributed by atoms with E-state index >= 15 is 0 Å². The predicted octanol–water partition coefficient (Wildman–Crippen LogP) is 0.130. The Morgan fingerprint density at radius 2 is 2.20 bits per heavy atom. The van der Waals surface area contributed by atoms with Gasteiger partial charge in [-0.1, -0.05) is 6.92 Å². The summed E-state index contributed by atoms with van der Waals surface area (Å²) >= 11 is 0. The zero-order chi connectivity index (χ0) is 14.7. The second-order valence-electron chi connectivity index (χ2n) is 5.12. The second-order valence-corrected chi connectivity index (χ2v) is 5.12. The maximum absolute atomic E-state index is 12.2. The number of nitrogens with two attached hydrogens (primary N) is 1. The third kappa shape index (κ3) is 2.72. The minimum Gasteiger partial charge on any atom is -0.383 e. The van der Waals surface area contributed by atoms with Gasteiger partial charge in [0, 0.05) is 26.2 Å². The number of hydrogen-bond acceptors (Lipinski definition) is 5. The number of nitrogens with zero attached hydrogens (tertiary/aromatic N) is 2. The Hall–Kier alpha value is -1.76. The molecule has 1 saturated heterocycles. The molecule has 0 saturated carbocycles. The molecule has 1 fully saturated rings. The van der Waals surface area contributed by atoms with Gasteiger partial charge in [-0.25, -0.2) is 4.79 Å². The van der Waals surface area contributed by atoms with Crippen molar-refractivity contribution in [3.8, 4) is 0 Å². The van der Waals surface area contributed by atoms with Crippen LogP contribution in [0.2, 0.25) is 0 Å². The Morgan fingerprint density at radius 1 is 1.45 bits per heavy atom. The van der Waals surface area contributed by atoms with E-state index in [-0.39, 0.29) is 23.1 Å². The molecule has 1 aromatic rings. The minimum absolute atomic E-state index is 0.0614. The van der Waals surface area contributed by atoms with Gasteiger partial charge in [0.2, 0.25) is 0 Å². The Labute approximate surface area is 117 Å². The van der Waals surface area contributed by atoms with Crippen LogP contribution in [0.4, 0.5) is 11.5 Å². The number of nitrogens with one attached hydrogen (secondary N) is 1. The van der Waals surface area contributed by atoms with E-state index in [1.165, 1.54) is 11.6 Å². The van der Waals surface area contributed by atoms with Gasteiger partial charge in [0.15, 0.2) is 0 Å². The topological polar surface area (TPSA) is 91.3 Å². The summed E-state index contributed by atoms with van der Waals surface area (Å²) in [4.78, 5) is 24.2. The largest absolute Gasteiger partial charge is 0.383 e. The molecule has 0 spiro atoms. The molecular weight excluding hydrogens is 260 g/mol. The summed E-state index contributed by atoms with van der Waals surface area (Å²) in [6.45, 7) is 3.75. The van der Waals surface area contributed by atoms with Crippen molar-refractivity contribution in [3.05, 3.63) is 20.8 Å². The standard InChI is InChI=1S/C13H22N4O3/c1-3-6-17-11(14)10(12(18)16(2)13(17)19)15-9-5-4-7-20-8-9/h9,15H,3-8,14H2,1-2H3. The summed E-state index contributed by atoms with van der Waals surface area (Å²) in [5.74, 6) is 0.213. The van der Waals surface area contributed by atoms with Crippen LogP contribution in [0.15, 0.2) is 9.59 Å². The molecular formula is C13H22N4O3. The molecule has 0 aromatic carbocycles. The van der Waals surface area contributed by atoms with Crippen molar-refractivity contribution in [2.24, 2.45) is 7.05 Å². The fraction of sp³-hybridized carbons (Fsp3) is 0.692. The zero-order valence-electron chi connectivity index (χ0n) is 12.0. The van der Waals surface area contributed by atoms with Crippen molar-refractivity contribution in [2.75, 3.05) is 24.3 Å². The molecule has 0 amide bonds. The van der Waals surface area contributed by atoms with Crippen LogP contribution >= 0.6 is 0 Å². The zero-order valence-corrected chi connectivity index (χ0v) is 12.0. The Bertz CT molecular complexity index is 585. The molecule has 20 heavy (non-hydrogen) atoms. The third-order valence-electron chi connectivity index (χ3n) is 3.54. The van der Waals surface area contributed by atoms with Gasteiger partial charge in [-0.15, -0.1) is 0 Å². The first-order chi connectivity index (χ1) is 9.56. The van der Waals surface area contributed by atoms with Crippen LogP contribution < -0.4 is 22.3 Å². The van der Waals surface area contributed by atoms with Crippen LogP contribution in [0.1, 0.15) is 26.2 Å². The van der Waals surface area contributed by atoms with E-state index in [1.54, 1.807) is 0 Å². The van der Waals surface area contributed by atoms with E-state index in [4.69, 9.17) is 10.5 Å². The van der Waals surface area contributed by atoms with E-state index < -0.39 is 0 Å². The first-order valence-corrected chi connectivity index (χ1v) is 6.99. The smallest absolute Gasteiger partial charge is 0.332 e. The summed E-state index contributed by atoms with van der Waals surface area (Å²) < 4.78 is 7.92. The molecule has 7 nitrogen and oxygen atoms in total. The van der Waals surface area contributed by atoms with Crippen LogP contribution in [0.25, 0.3) is 0 Å². The molecule has 2 heterocycles. The number of anilines is 2. The summed E-state index contributed by atoms with van der Waals surface area (Å²) in [7, 11) is 1.47. The van der Waals surface area contributed by atoms with Crippen LogP contribution in [0.3, 0.4) is 0 Å². The van der Waals surface area contributed by atoms with E-state index in [9.17, 15) is 9.59 Å². The Balaban J connectivity index is 2.41. The van der Waals surface area contributed by atoms with Gasteiger partial charge in [-0.05, 0) is 19.3 Å². The number of rotatable bonds is 4. The molecule has 1 aliphatic heterocycles. The van der Waals surface area contributed by atoms with Crippen molar-refractivity contribution >= 4 is 11.5 Å². The fourth-order valence-electron chi connectivity index (χ4n) is 2.42. The normalized spacial score (nSPS) is 19.0. The number of aromatic nitrogens is 2. The highest BCUT2D eigenvalue weighted by molar-refractivity contribution is 5.61. The molecule has 0 radical (unpaired) electrons. The van der Waals surface area contributed by atoms with Crippen molar-refractivity contribution in [3.63, 3.8) is 0 Å². The molecule has 7 heteroatoms. The van der Waals surface area contributed by atoms with Crippen molar-refractivity contribution in [2.45, 2.75) is 38.8 Å². The monoisotopic (exact) mass is 282 g/mol. The van der Waals surface area contributed by atoms with Crippen LogP contribution in [-0.4, -0.2) is 28.4 Å². The van der Waals surface area contributed by atoms with Gasteiger partial charge >= 0.3 is 5.69 Å². The number of ether oxygens (including phenoxy) is 1. The maximum Gasteiger partial charge on any atom is 0.332 e. The van der Waals surface area contributed by atoms with Crippen LogP contribution in [0.5, 0.6) is 0 Å². The summed E-state index contributed by atoms with van der Waals surface area (Å²) in [6.07, 6.45) is 2.65. The van der Waals surface area contributed by atoms with E-state index in [0.717, 1.165) is 30.4 Å². The maximum atomic E-state index is 12.2. The van der Waals surface area contributed by atoms with Gasteiger partial charge in [0.1, 0.15) is 11.5 Å². The van der Waals surface area contributed by atoms with Gasteiger partial charge in [0.25, 0.3) is 5.56 Å². The Kier molecular flexibility index (Phi) is 4.49. The molecule has 0 aliphatic carbocycles. The van der Waals surface area contributed by atoms with Crippen molar-refractivity contribution < 1.29 is 4.74 Å². The average Bonchev–Trinajstić information content (AvgIpc) is 2.47. The average molecular weight is 282 g/mol. The first-order valence-electron chi connectivity index (χ1n) is 6.99. The SMILES string of the molecule is CCCn1c(N)c(NC2CCCOC2)c(=O)n(C)c1=O. The molecule has 1 aromatic heterocycles.